The highest BCUT2D eigenvalue weighted by atomic mass is 35.5. The summed E-state index contributed by atoms with van der Waals surface area (Å²) in [6, 6.07) is 15.0. The van der Waals surface area contributed by atoms with Gasteiger partial charge in [-0.25, -0.2) is 0 Å². The lowest BCUT2D eigenvalue weighted by molar-refractivity contribution is -0.118. The summed E-state index contributed by atoms with van der Waals surface area (Å²) >= 11 is 5.94. The van der Waals surface area contributed by atoms with Crippen molar-refractivity contribution in [2.45, 2.75) is 18.8 Å². The molecule has 0 saturated heterocycles. The fourth-order valence-electron chi connectivity index (χ4n) is 2.70. The molecule has 0 radical (unpaired) electrons. The topological polar surface area (TPSA) is 38.3 Å². The van der Waals surface area contributed by atoms with Crippen LogP contribution >= 0.6 is 11.6 Å². The van der Waals surface area contributed by atoms with Gasteiger partial charge in [0.2, 0.25) is 5.91 Å². The second kappa shape index (κ2) is 6.41. The lowest BCUT2D eigenvalue weighted by atomic mass is 9.93. The molecule has 4 heteroatoms. The van der Waals surface area contributed by atoms with Crippen molar-refractivity contribution in [2.24, 2.45) is 5.92 Å². The average Bonchev–Trinajstić information content (AvgIpc) is 3.35. The molecule has 1 saturated carbocycles. The predicted molar refractivity (Wildman–Crippen MR) is 88.5 cm³/mol. The Kier molecular flexibility index (Phi) is 4.34. The molecule has 114 valence electrons. The van der Waals surface area contributed by atoms with Crippen LogP contribution in [0.3, 0.4) is 0 Å². The molecule has 0 spiro atoms. The zero-order valence-electron chi connectivity index (χ0n) is 12.4. The highest BCUT2D eigenvalue weighted by Gasteiger charge is 2.37. The van der Waals surface area contributed by atoms with Crippen LogP contribution in [0, 0.1) is 5.92 Å². The van der Waals surface area contributed by atoms with E-state index in [1.165, 1.54) is 0 Å². The van der Waals surface area contributed by atoms with Gasteiger partial charge in [0.25, 0.3) is 0 Å². The summed E-state index contributed by atoms with van der Waals surface area (Å²) < 4.78 is 5.29. The normalized spacial score (nSPS) is 15.2. The van der Waals surface area contributed by atoms with Gasteiger partial charge >= 0.3 is 0 Å². The Morgan fingerprint density at radius 2 is 1.86 bits per heavy atom. The number of rotatable bonds is 5. The molecule has 0 heterocycles. The second-order valence-electron chi connectivity index (χ2n) is 5.56. The van der Waals surface area contributed by atoms with Crippen LogP contribution in [0.25, 0.3) is 0 Å². The maximum absolute atomic E-state index is 12.7. The molecule has 0 aliphatic heterocycles. The van der Waals surface area contributed by atoms with Gasteiger partial charge in [0.05, 0.1) is 18.7 Å². The number of carbonyl (C=O) groups excluding carboxylic acids is 1. The van der Waals surface area contributed by atoms with Crippen LogP contribution < -0.4 is 10.1 Å². The molecule has 1 fully saturated rings. The smallest absolute Gasteiger partial charge is 0.232 e. The summed E-state index contributed by atoms with van der Waals surface area (Å²) in [7, 11) is 1.60. The Morgan fingerprint density at radius 1 is 1.18 bits per heavy atom. The average molecular weight is 316 g/mol. The number of ether oxygens (including phenoxy) is 1. The van der Waals surface area contributed by atoms with Gasteiger partial charge in [-0.05, 0) is 48.6 Å². The molecule has 2 aromatic carbocycles. The van der Waals surface area contributed by atoms with E-state index in [0.717, 1.165) is 18.4 Å². The summed E-state index contributed by atoms with van der Waals surface area (Å²) in [4.78, 5) is 12.7. The van der Waals surface area contributed by atoms with Crippen molar-refractivity contribution in [3.63, 3.8) is 0 Å². The molecule has 0 aromatic heterocycles. The molecule has 1 aliphatic carbocycles. The molecule has 1 aliphatic rings. The minimum absolute atomic E-state index is 0.00863. The van der Waals surface area contributed by atoms with E-state index in [-0.39, 0.29) is 11.8 Å². The van der Waals surface area contributed by atoms with Crippen molar-refractivity contribution in [3.05, 3.63) is 59.1 Å². The monoisotopic (exact) mass is 315 g/mol. The highest BCUT2D eigenvalue weighted by Crippen LogP contribution is 2.43. The maximum atomic E-state index is 12.7. The number of benzene rings is 2. The number of hydrogen-bond donors (Lipinski definition) is 1. The number of hydrogen-bond acceptors (Lipinski definition) is 2. The minimum Gasteiger partial charge on any atom is -0.495 e. The van der Waals surface area contributed by atoms with Gasteiger partial charge in [-0.3, -0.25) is 4.79 Å². The van der Waals surface area contributed by atoms with E-state index in [2.05, 4.69) is 5.32 Å². The van der Waals surface area contributed by atoms with E-state index < -0.39 is 0 Å². The van der Waals surface area contributed by atoms with Crippen molar-refractivity contribution in [1.29, 1.82) is 0 Å². The Labute approximate surface area is 135 Å². The van der Waals surface area contributed by atoms with Crippen LogP contribution in [0.1, 0.15) is 24.3 Å². The van der Waals surface area contributed by atoms with E-state index in [0.29, 0.717) is 22.4 Å². The zero-order valence-corrected chi connectivity index (χ0v) is 13.1. The van der Waals surface area contributed by atoms with Gasteiger partial charge in [-0.15, -0.1) is 0 Å². The molecular formula is C18H18ClNO2. The third-order valence-electron chi connectivity index (χ3n) is 3.97. The minimum atomic E-state index is -0.137. The predicted octanol–water partition coefficient (Wildman–Crippen LogP) is 4.48. The summed E-state index contributed by atoms with van der Waals surface area (Å²) in [5, 5.41) is 3.68. The largest absolute Gasteiger partial charge is 0.495 e. The van der Waals surface area contributed by atoms with Crippen LogP contribution in [0.5, 0.6) is 5.75 Å². The van der Waals surface area contributed by atoms with E-state index in [9.17, 15) is 4.79 Å². The fourth-order valence-corrected chi connectivity index (χ4v) is 2.82. The lowest BCUT2D eigenvalue weighted by Gasteiger charge is -2.18. The molecule has 22 heavy (non-hydrogen) atoms. The second-order valence-corrected chi connectivity index (χ2v) is 5.99. The highest BCUT2D eigenvalue weighted by molar-refractivity contribution is 6.30. The number of nitrogens with one attached hydrogen (secondary N) is 1. The van der Waals surface area contributed by atoms with Crippen molar-refractivity contribution in [1.82, 2.24) is 0 Å². The first-order valence-electron chi connectivity index (χ1n) is 7.38. The molecule has 3 nitrogen and oxygen atoms in total. The van der Waals surface area contributed by atoms with Gasteiger partial charge < -0.3 is 10.1 Å². The van der Waals surface area contributed by atoms with Crippen molar-refractivity contribution in [3.8, 4) is 5.75 Å². The maximum Gasteiger partial charge on any atom is 0.232 e. The van der Waals surface area contributed by atoms with E-state index >= 15 is 0 Å². The molecule has 0 bridgehead atoms. The van der Waals surface area contributed by atoms with Crippen LogP contribution in [0.2, 0.25) is 5.02 Å². The fraction of sp³-hybridized carbons (Fsp3) is 0.278. The first kappa shape index (κ1) is 14.9. The van der Waals surface area contributed by atoms with Crippen LogP contribution in [0.15, 0.2) is 48.5 Å². The molecule has 3 rings (SSSR count). The first-order chi connectivity index (χ1) is 10.7. The number of anilines is 1. The van der Waals surface area contributed by atoms with E-state index in [1.807, 2.05) is 48.5 Å². The number of amides is 1. The lowest BCUT2D eigenvalue weighted by Crippen LogP contribution is -2.23. The molecular weight excluding hydrogens is 298 g/mol. The van der Waals surface area contributed by atoms with Crippen molar-refractivity contribution >= 4 is 23.2 Å². The first-order valence-corrected chi connectivity index (χ1v) is 7.76. The van der Waals surface area contributed by atoms with Crippen LogP contribution in [0.4, 0.5) is 5.69 Å². The molecule has 1 atom stereocenters. The Bertz CT molecular complexity index is 665. The standard InChI is InChI=1S/C18H18ClNO2/c1-22-16-5-3-2-4-15(16)20-18(21)17(12-6-7-12)13-8-10-14(19)11-9-13/h2-5,8-12,17H,6-7H2,1H3,(H,20,21). The van der Waals surface area contributed by atoms with Crippen LogP contribution in [-0.2, 0) is 4.79 Å². The van der Waals surface area contributed by atoms with Crippen LogP contribution in [-0.4, -0.2) is 13.0 Å². The number of para-hydroxylation sites is 2. The quantitative estimate of drug-likeness (QED) is 0.883. The number of methoxy groups -OCH3 is 1. The third kappa shape index (κ3) is 3.25. The summed E-state index contributed by atoms with van der Waals surface area (Å²) in [5.74, 6) is 0.953. The number of halogens is 1. The summed E-state index contributed by atoms with van der Waals surface area (Å²) in [5.41, 5.74) is 1.72. The Hall–Kier alpha value is -2.00. The Morgan fingerprint density at radius 3 is 2.50 bits per heavy atom. The summed E-state index contributed by atoms with van der Waals surface area (Å²) in [6.45, 7) is 0. The van der Waals surface area contributed by atoms with Gasteiger partial charge in [0, 0.05) is 5.02 Å². The van der Waals surface area contributed by atoms with E-state index in [1.54, 1.807) is 7.11 Å². The third-order valence-corrected chi connectivity index (χ3v) is 4.22. The van der Waals surface area contributed by atoms with Gasteiger partial charge in [-0.1, -0.05) is 35.9 Å². The SMILES string of the molecule is COc1ccccc1NC(=O)C(c1ccc(Cl)cc1)C1CC1. The Balaban J connectivity index is 1.83. The van der Waals surface area contributed by atoms with Crippen molar-refractivity contribution < 1.29 is 9.53 Å². The zero-order chi connectivity index (χ0) is 15.5. The van der Waals surface area contributed by atoms with Gasteiger partial charge in [-0.2, -0.15) is 0 Å². The molecule has 1 N–H and O–H groups in total. The number of carbonyl (C=O) groups is 1. The van der Waals surface area contributed by atoms with Gasteiger partial charge in [0.1, 0.15) is 5.75 Å². The molecule has 1 amide bonds. The molecule has 2 aromatic rings. The van der Waals surface area contributed by atoms with Gasteiger partial charge in [0.15, 0.2) is 0 Å². The van der Waals surface area contributed by atoms with E-state index in [4.69, 9.17) is 16.3 Å². The summed E-state index contributed by atoms with van der Waals surface area (Å²) in [6.07, 6.45) is 2.18. The van der Waals surface area contributed by atoms with Crippen molar-refractivity contribution in [2.75, 3.05) is 12.4 Å². The molecule has 1 unspecified atom stereocenters.